The first kappa shape index (κ1) is 29.5. The van der Waals surface area contributed by atoms with Crippen molar-refractivity contribution in [1.82, 2.24) is 0 Å². The van der Waals surface area contributed by atoms with Crippen molar-refractivity contribution in [1.29, 1.82) is 0 Å². The minimum atomic E-state index is -5.43. The summed E-state index contributed by atoms with van der Waals surface area (Å²) in [5.41, 5.74) is -1.24. The van der Waals surface area contributed by atoms with Crippen molar-refractivity contribution in [2.75, 3.05) is 6.61 Å². The Balaban J connectivity index is 1.85. The molecule has 19 heteroatoms. The molecule has 2 heterocycles. The minimum absolute atomic E-state index is 0.112. The van der Waals surface area contributed by atoms with Crippen molar-refractivity contribution in [3.63, 3.8) is 0 Å². The summed E-state index contributed by atoms with van der Waals surface area (Å²) >= 11 is 0. The molecule has 3 aromatic rings. The van der Waals surface area contributed by atoms with Crippen LogP contribution in [0.25, 0.3) is 22.3 Å². The number of ether oxygens (including phenoxy) is 2. The normalized spacial score (nSPS) is 23.8. The van der Waals surface area contributed by atoms with Crippen LogP contribution in [0.2, 0.25) is 0 Å². The Morgan fingerprint density at radius 2 is 1.48 bits per heavy atom. The molecular formula is C21H20O17S2. The fourth-order valence-electron chi connectivity index (χ4n) is 3.92. The van der Waals surface area contributed by atoms with Crippen LogP contribution in [0.3, 0.4) is 0 Å². The molecule has 2 aromatic carbocycles. The first-order chi connectivity index (χ1) is 18.6. The number of phenolic OH excluding ortho intramolecular Hbond substituents is 3. The van der Waals surface area contributed by atoms with Gasteiger partial charge in [0.15, 0.2) is 22.9 Å². The summed E-state index contributed by atoms with van der Waals surface area (Å²) in [6, 6.07) is 6.89. The number of fused-ring (bicyclic) bond motifs is 1. The molecule has 7 N–H and O–H groups in total. The third kappa shape index (κ3) is 6.27. The summed E-state index contributed by atoms with van der Waals surface area (Å²) in [6.07, 6.45) is -11.1. The third-order valence-corrected chi connectivity index (χ3v) is 6.49. The van der Waals surface area contributed by atoms with Gasteiger partial charge in [0, 0.05) is 17.7 Å². The number of hydrogen-bond donors (Lipinski definition) is 7. The van der Waals surface area contributed by atoms with Gasteiger partial charge < -0.3 is 39.4 Å². The van der Waals surface area contributed by atoms with Gasteiger partial charge >= 0.3 is 20.8 Å². The van der Waals surface area contributed by atoms with Gasteiger partial charge in [-0.05, 0) is 24.3 Å². The molecule has 1 aliphatic rings. The van der Waals surface area contributed by atoms with E-state index in [0.717, 1.165) is 6.07 Å². The minimum Gasteiger partial charge on any atom is -0.508 e. The molecule has 0 saturated carbocycles. The van der Waals surface area contributed by atoms with E-state index in [1.165, 1.54) is 24.3 Å². The standard InChI is InChI=1S/C21H20O17S2/c22-7-14-18(37-39(28,29)30)16(27)20(38-40(31,32)33)21(35-14)36-17-12(26)5-10(24)15-11(25)6-13(34-19(15)17)8-1-3-9(23)4-2-8/h1-6,14,16,18,20-24,26-27H,7H2,(H,28,29,30)(H,31,32,33)/t14-,16+,18-,20-,21+/m1/s1. The first-order valence-corrected chi connectivity index (χ1v) is 13.6. The van der Waals surface area contributed by atoms with E-state index in [1.54, 1.807) is 0 Å². The van der Waals surface area contributed by atoms with E-state index in [1.807, 2.05) is 0 Å². The fourth-order valence-corrected chi connectivity index (χ4v) is 4.92. The zero-order valence-corrected chi connectivity index (χ0v) is 21.2. The highest BCUT2D eigenvalue weighted by atomic mass is 32.3. The molecule has 0 unspecified atom stereocenters. The molecule has 218 valence electrons. The largest absolute Gasteiger partial charge is 0.508 e. The Morgan fingerprint density at radius 1 is 0.875 bits per heavy atom. The van der Waals surface area contributed by atoms with Crippen LogP contribution in [0, 0.1) is 0 Å². The van der Waals surface area contributed by atoms with Crippen LogP contribution in [-0.2, 0) is 33.9 Å². The maximum absolute atomic E-state index is 12.8. The van der Waals surface area contributed by atoms with Gasteiger partial charge in [-0.15, -0.1) is 0 Å². The maximum Gasteiger partial charge on any atom is 0.397 e. The lowest BCUT2D eigenvalue weighted by molar-refractivity contribution is -0.266. The summed E-state index contributed by atoms with van der Waals surface area (Å²) < 4.78 is 88.6. The number of aliphatic hydroxyl groups excluding tert-OH is 2. The summed E-state index contributed by atoms with van der Waals surface area (Å²) in [7, 11) is -10.7. The van der Waals surface area contributed by atoms with Crippen molar-refractivity contribution >= 4 is 31.8 Å². The van der Waals surface area contributed by atoms with E-state index in [-0.39, 0.29) is 17.1 Å². The molecule has 0 bridgehead atoms. The number of phenols is 3. The van der Waals surface area contributed by atoms with Crippen molar-refractivity contribution < 1.29 is 73.7 Å². The first-order valence-electron chi connectivity index (χ1n) is 10.8. The Hall–Kier alpha value is -3.53. The predicted molar refractivity (Wildman–Crippen MR) is 128 cm³/mol. The lowest BCUT2D eigenvalue weighted by Crippen LogP contribution is -2.62. The molecule has 1 fully saturated rings. The summed E-state index contributed by atoms with van der Waals surface area (Å²) in [4.78, 5) is 12.8. The Bertz CT molecular complexity index is 1680. The molecule has 0 aliphatic carbocycles. The maximum atomic E-state index is 12.8. The highest BCUT2D eigenvalue weighted by Crippen LogP contribution is 2.42. The average molecular weight is 609 g/mol. The van der Waals surface area contributed by atoms with Gasteiger partial charge in [-0.1, -0.05) is 0 Å². The van der Waals surface area contributed by atoms with Crippen molar-refractivity contribution in [2.45, 2.75) is 30.7 Å². The van der Waals surface area contributed by atoms with Crippen LogP contribution in [0.15, 0.2) is 45.6 Å². The number of aliphatic hydroxyl groups is 2. The van der Waals surface area contributed by atoms with Gasteiger partial charge in [-0.25, -0.2) is 8.37 Å². The zero-order chi connectivity index (χ0) is 29.6. The lowest BCUT2D eigenvalue weighted by atomic mass is 9.99. The summed E-state index contributed by atoms with van der Waals surface area (Å²) in [5, 5.41) is 50.1. The van der Waals surface area contributed by atoms with Gasteiger partial charge in [0.1, 0.15) is 41.0 Å². The van der Waals surface area contributed by atoms with Gasteiger partial charge in [0.05, 0.1) is 6.61 Å². The van der Waals surface area contributed by atoms with Gasteiger partial charge in [-0.3, -0.25) is 13.9 Å². The summed E-state index contributed by atoms with van der Waals surface area (Å²) in [5.74, 6) is -2.75. The monoisotopic (exact) mass is 608 g/mol. The second-order valence-electron chi connectivity index (χ2n) is 8.28. The van der Waals surface area contributed by atoms with Crippen LogP contribution in [0.4, 0.5) is 0 Å². The third-order valence-electron chi connectivity index (χ3n) is 5.56. The molecule has 0 radical (unpaired) electrons. The highest BCUT2D eigenvalue weighted by molar-refractivity contribution is 7.81. The molecule has 0 spiro atoms. The number of rotatable bonds is 8. The quantitative estimate of drug-likeness (QED) is 0.157. The van der Waals surface area contributed by atoms with E-state index in [4.69, 9.17) is 18.4 Å². The van der Waals surface area contributed by atoms with Crippen LogP contribution in [0.5, 0.6) is 23.0 Å². The number of aromatic hydroxyl groups is 3. The van der Waals surface area contributed by atoms with Crippen molar-refractivity contribution in [2.24, 2.45) is 0 Å². The van der Waals surface area contributed by atoms with Gasteiger partial charge in [0.2, 0.25) is 12.0 Å². The second kappa shape index (κ2) is 10.8. The topological polar surface area (TPSA) is 277 Å². The van der Waals surface area contributed by atoms with E-state index in [0.29, 0.717) is 6.07 Å². The molecule has 4 rings (SSSR count). The van der Waals surface area contributed by atoms with Crippen molar-refractivity contribution in [3.8, 4) is 34.3 Å². The summed E-state index contributed by atoms with van der Waals surface area (Å²) in [6.45, 7) is -1.11. The Morgan fingerprint density at radius 3 is 2.05 bits per heavy atom. The van der Waals surface area contributed by atoms with E-state index in [9.17, 15) is 51.7 Å². The lowest BCUT2D eigenvalue weighted by Gasteiger charge is -2.41. The molecular weight excluding hydrogens is 588 g/mol. The van der Waals surface area contributed by atoms with Crippen molar-refractivity contribution in [3.05, 3.63) is 46.6 Å². The van der Waals surface area contributed by atoms with Crippen LogP contribution < -0.4 is 10.2 Å². The number of hydrogen-bond acceptors (Lipinski definition) is 15. The fraction of sp³-hybridized carbons (Fsp3) is 0.286. The SMILES string of the molecule is O=c1cc(-c2ccc(O)cc2)oc2c(O[C@@H]3O[C@H](CO)[C@@H](OS(=O)(=O)O)[C@H](O)[C@H]3OS(=O)(=O)O)c(O)cc(O)c12. The molecule has 5 atom stereocenters. The highest BCUT2D eigenvalue weighted by Gasteiger charge is 2.51. The molecule has 1 saturated heterocycles. The van der Waals surface area contributed by atoms with Gasteiger partial charge in [0.25, 0.3) is 0 Å². The van der Waals surface area contributed by atoms with E-state index < -0.39 is 91.8 Å². The predicted octanol–water partition coefficient (Wildman–Crippen LogP) is -0.590. The van der Waals surface area contributed by atoms with Crippen LogP contribution >= 0.6 is 0 Å². The average Bonchev–Trinajstić information content (AvgIpc) is 2.83. The number of benzene rings is 2. The Labute approximate surface area is 223 Å². The Kier molecular flexibility index (Phi) is 7.95. The van der Waals surface area contributed by atoms with E-state index >= 15 is 0 Å². The van der Waals surface area contributed by atoms with E-state index in [2.05, 4.69) is 8.37 Å². The molecule has 17 nitrogen and oxygen atoms in total. The zero-order valence-electron chi connectivity index (χ0n) is 19.6. The molecule has 0 amide bonds. The smallest absolute Gasteiger partial charge is 0.397 e. The second-order valence-corrected chi connectivity index (χ2v) is 10.4. The van der Waals surface area contributed by atoms with Crippen LogP contribution in [-0.4, -0.2) is 88.8 Å². The van der Waals surface area contributed by atoms with Gasteiger partial charge in [-0.2, -0.15) is 16.8 Å². The molecule has 1 aromatic heterocycles. The molecule has 40 heavy (non-hydrogen) atoms. The van der Waals surface area contributed by atoms with Crippen LogP contribution in [0.1, 0.15) is 0 Å². The molecule has 1 aliphatic heterocycles.